The highest BCUT2D eigenvalue weighted by Crippen LogP contribution is 2.20. The van der Waals surface area contributed by atoms with Crippen LogP contribution in [0.2, 0.25) is 0 Å². The second-order valence-corrected chi connectivity index (χ2v) is 7.60. The minimum absolute atomic E-state index is 0.104. The van der Waals surface area contributed by atoms with E-state index in [1.807, 2.05) is 0 Å². The van der Waals surface area contributed by atoms with Gasteiger partial charge in [0, 0.05) is 31.8 Å². The fourth-order valence-electron chi connectivity index (χ4n) is 2.34. The van der Waals surface area contributed by atoms with E-state index in [4.69, 9.17) is 0 Å². The molecular weight excluding hydrogens is 354 g/mol. The summed E-state index contributed by atoms with van der Waals surface area (Å²) in [7, 11) is -3.75. The number of rotatable bonds is 6. The van der Waals surface area contributed by atoms with E-state index < -0.39 is 10.0 Å². The van der Waals surface area contributed by atoms with Crippen LogP contribution < -0.4 is 15.4 Å². The van der Waals surface area contributed by atoms with Crippen LogP contribution in [0.25, 0.3) is 0 Å². The third-order valence-electron chi connectivity index (χ3n) is 3.54. The molecule has 0 atom stereocenters. The Morgan fingerprint density at radius 1 is 0.885 bits per heavy atom. The van der Waals surface area contributed by atoms with E-state index in [1.54, 1.807) is 43.3 Å². The van der Waals surface area contributed by atoms with Crippen molar-refractivity contribution in [1.82, 2.24) is 4.72 Å². The van der Waals surface area contributed by atoms with Crippen molar-refractivity contribution in [3.05, 3.63) is 53.6 Å². The number of carbonyl (C=O) groups is 2. The molecule has 2 rings (SSSR count). The summed E-state index contributed by atoms with van der Waals surface area (Å²) in [4.78, 5) is 22.3. The molecule has 8 heteroatoms. The molecule has 0 saturated heterocycles. The van der Waals surface area contributed by atoms with Crippen molar-refractivity contribution < 1.29 is 18.0 Å². The topological polar surface area (TPSA) is 104 Å². The van der Waals surface area contributed by atoms with E-state index in [2.05, 4.69) is 15.4 Å². The molecule has 0 aliphatic heterocycles. The van der Waals surface area contributed by atoms with Gasteiger partial charge in [0.05, 0.1) is 4.90 Å². The smallest absolute Gasteiger partial charge is 0.241 e. The molecule has 3 N–H and O–H groups in total. The van der Waals surface area contributed by atoms with Gasteiger partial charge in [0.1, 0.15) is 0 Å². The van der Waals surface area contributed by atoms with Crippen LogP contribution in [0.3, 0.4) is 0 Å². The maximum atomic E-state index is 12.6. The van der Waals surface area contributed by atoms with Gasteiger partial charge in [0.2, 0.25) is 21.8 Å². The lowest BCUT2D eigenvalue weighted by Gasteiger charge is -2.12. The highest BCUT2D eigenvalue weighted by Gasteiger charge is 2.17. The molecule has 2 aromatic carbocycles. The normalized spacial score (nSPS) is 11.0. The fourth-order valence-corrected chi connectivity index (χ4v) is 3.62. The molecule has 0 radical (unpaired) electrons. The number of benzene rings is 2. The number of anilines is 2. The van der Waals surface area contributed by atoms with Crippen molar-refractivity contribution in [1.29, 1.82) is 0 Å². The zero-order valence-electron chi connectivity index (χ0n) is 14.8. The highest BCUT2D eigenvalue weighted by atomic mass is 32.2. The molecule has 0 spiro atoms. The minimum atomic E-state index is -3.75. The highest BCUT2D eigenvalue weighted by molar-refractivity contribution is 7.89. The molecule has 0 bridgehead atoms. The van der Waals surface area contributed by atoms with Crippen molar-refractivity contribution in [2.45, 2.75) is 32.2 Å². The maximum absolute atomic E-state index is 12.6. The van der Waals surface area contributed by atoms with Gasteiger partial charge in [0.15, 0.2) is 0 Å². The Hall–Kier alpha value is -2.71. The van der Waals surface area contributed by atoms with Gasteiger partial charge in [-0.2, -0.15) is 0 Å². The Morgan fingerprint density at radius 3 is 2.00 bits per heavy atom. The van der Waals surface area contributed by atoms with E-state index >= 15 is 0 Å². The molecule has 138 valence electrons. The first-order valence-corrected chi connectivity index (χ1v) is 9.40. The SMILES string of the molecule is CC(=O)Nc1ccc(CNS(=O)(=O)c2cc(NC(C)=O)ccc2C)cc1. The summed E-state index contributed by atoms with van der Waals surface area (Å²) in [5, 5.41) is 5.22. The monoisotopic (exact) mass is 375 g/mol. The molecule has 0 unspecified atom stereocenters. The van der Waals surface area contributed by atoms with Crippen LogP contribution in [0.1, 0.15) is 25.0 Å². The first kappa shape index (κ1) is 19.6. The summed E-state index contributed by atoms with van der Waals surface area (Å²) in [5.41, 5.74) is 2.39. The molecule has 0 saturated carbocycles. The lowest BCUT2D eigenvalue weighted by Crippen LogP contribution is -2.24. The maximum Gasteiger partial charge on any atom is 0.241 e. The standard InChI is InChI=1S/C18H21N3O4S/c1-12-4-7-17(21-14(3)23)10-18(12)26(24,25)19-11-15-5-8-16(9-6-15)20-13(2)22/h4-10,19H,11H2,1-3H3,(H,20,22)(H,21,23). The number of aryl methyl sites for hydroxylation is 1. The van der Waals surface area contributed by atoms with Gasteiger partial charge in [0.25, 0.3) is 0 Å². The number of nitrogens with one attached hydrogen (secondary N) is 3. The molecule has 0 aliphatic carbocycles. The first-order chi connectivity index (χ1) is 12.2. The van der Waals surface area contributed by atoms with E-state index in [0.29, 0.717) is 16.9 Å². The Labute approximate surface area is 152 Å². The second kappa shape index (κ2) is 8.11. The van der Waals surface area contributed by atoms with Gasteiger partial charge in [-0.15, -0.1) is 0 Å². The predicted octanol–water partition coefficient (Wildman–Crippen LogP) is 2.39. The third kappa shape index (κ3) is 5.40. The van der Waals surface area contributed by atoms with Gasteiger partial charge >= 0.3 is 0 Å². The summed E-state index contributed by atoms with van der Waals surface area (Å²) in [6.07, 6.45) is 0. The lowest BCUT2D eigenvalue weighted by molar-refractivity contribution is -0.115. The summed E-state index contributed by atoms with van der Waals surface area (Å²) < 4.78 is 27.7. The van der Waals surface area contributed by atoms with Crippen LogP contribution in [0, 0.1) is 6.92 Å². The molecule has 0 fully saturated rings. The van der Waals surface area contributed by atoms with E-state index in [1.165, 1.54) is 19.9 Å². The molecular formula is C18H21N3O4S. The van der Waals surface area contributed by atoms with Crippen LogP contribution in [0.15, 0.2) is 47.4 Å². The molecule has 0 aliphatic rings. The van der Waals surface area contributed by atoms with E-state index in [0.717, 1.165) is 5.56 Å². The lowest BCUT2D eigenvalue weighted by atomic mass is 10.2. The molecule has 2 amide bonds. The van der Waals surface area contributed by atoms with Gasteiger partial charge < -0.3 is 10.6 Å². The van der Waals surface area contributed by atoms with Crippen LogP contribution in [-0.4, -0.2) is 20.2 Å². The number of carbonyl (C=O) groups excluding carboxylic acids is 2. The van der Waals surface area contributed by atoms with Crippen molar-refractivity contribution in [3.63, 3.8) is 0 Å². The quantitative estimate of drug-likeness (QED) is 0.721. The summed E-state index contributed by atoms with van der Waals surface area (Å²) >= 11 is 0. The average Bonchev–Trinajstić information content (AvgIpc) is 2.55. The Balaban J connectivity index is 2.13. The van der Waals surface area contributed by atoms with Crippen molar-refractivity contribution in [3.8, 4) is 0 Å². The number of sulfonamides is 1. The fraction of sp³-hybridized carbons (Fsp3) is 0.222. The summed E-state index contributed by atoms with van der Waals surface area (Å²) in [6.45, 7) is 4.57. The Bertz CT molecular complexity index is 922. The van der Waals surface area contributed by atoms with Crippen molar-refractivity contribution in [2.75, 3.05) is 10.6 Å². The van der Waals surface area contributed by atoms with E-state index in [9.17, 15) is 18.0 Å². The van der Waals surface area contributed by atoms with Gasteiger partial charge in [-0.1, -0.05) is 18.2 Å². The second-order valence-electron chi connectivity index (χ2n) is 5.86. The van der Waals surface area contributed by atoms with Gasteiger partial charge in [-0.05, 0) is 42.3 Å². The third-order valence-corrected chi connectivity index (χ3v) is 5.08. The molecule has 2 aromatic rings. The van der Waals surface area contributed by atoms with Crippen LogP contribution >= 0.6 is 0 Å². The number of hydrogen-bond donors (Lipinski definition) is 3. The number of hydrogen-bond acceptors (Lipinski definition) is 4. The van der Waals surface area contributed by atoms with Gasteiger partial charge in [-0.3, -0.25) is 9.59 Å². The molecule has 0 heterocycles. The van der Waals surface area contributed by atoms with Crippen LogP contribution in [0.4, 0.5) is 11.4 Å². The van der Waals surface area contributed by atoms with Crippen molar-refractivity contribution >= 4 is 33.2 Å². The zero-order valence-corrected chi connectivity index (χ0v) is 15.6. The first-order valence-electron chi connectivity index (χ1n) is 7.92. The molecule has 26 heavy (non-hydrogen) atoms. The Morgan fingerprint density at radius 2 is 1.42 bits per heavy atom. The average molecular weight is 375 g/mol. The number of amides is 2. The van der Waals surface area contributed by atoms with Crippen molar-refractivity contribution in [2.24, 2.45) is 0 Å². The van der Waals surface area contributed by atoms with Crippen LogP contribution in [-0.2, 0) is 26.2 Å². The zero-order chi connectivity index (χ0) is 19.3. The molecule has 7 nitrogen and oxygen atoms in total. The largest absolute Gasteiger partial charge is 0.326 e. The minimum Gasteiger partial charge on any atom is -0.326 e. The summed E-state index contributed by atoms with van der Waals surface area (Å²) in [6, 6.07) is 11.6. The summed E-state index contributed by atoms with van der Waals surface area (Å²) in [5.74, 6) is -0.447. The van der Waals surface area contributed by atoms with Crippen LogP contribution in [0.5, 0.6) is 0 Å². The van der Waals surface area contributed by atoms with Gasteiger partial charge in [-0.25, -0.2) is 13.1 Å². The predicted molar refractivity (Wildman–Crippen MR) is 100 cm³/mol. The molecule has 0 aromatic heterocycles. The van der Waals surface area contributed by atoms with E-state index in [-0.39, 0.29) is 23.3 Å². The Kier molecular flexibility index (Phi) is 6.12.